The second-order valence-electron chi connectivity index (χ2n) is 7.47. The molecule has 4 rings (SSSR count). The number of hydrogen-bond acceptors (Lipinski definition) is 6. The molecule has 1 aliphatic heterocycles. The number of nitriles is 1. The highest BCUT2D eigenvalue weighted by Gasteiger charge is 2.35. The van der Waals surface area contributed by atoms with E-state index in [1.165, 1.54) is 7.11 Å². The lowest BCUT2D eigenvalue weighted by atomic mass is 9.83. The summed E-state index contributed by atoms with van der Waals surface area (Å²) in [7, 11) is 1.32. The number of rotatable bonds is 6. The van der Waals surface area contributed by atoms with Crippen molar-refractivity contribution < 1.29 is 14.3 Å². The molecule has 0 fully saturated rings. The Morgan fingerprint density at radius 3 is 2.39 bits per heavy atom. The van der Waals surface area contributed by atoms with Crippen molar-refractivity contribution in [2.45, 2.75) is 12.5 Å². The third kappa shape index (κ3) is 4.58. The Morgan fingerprint density at radius 1 is 1.03 bits per heavy atom. The molecule has 1 atom stereocenters. The summed E-state index contributed by atoms with van der Waals surface area (Å²) >= 11 is 0. The van der Waals surface area contributed by atoms with E-state index in [1.54, 1.807) is 11.1 Å². The van der Waals surface area contributed by atoms with Crippen LogP contribution in [0.15, 0.2) is 108 Å². The van der Waals surface area contributed by atoms with Gasteiger partial charge in [0.25, 0.3) is 0 Å². The molecule has 0 aromatic heterocycles. The zero-order valence-corrected chi connectivity index (χ0v) is 18.1. The second kappa shape index (κ2) is 9.75. The quantitative estimate of drug-likeness (QED) is 0.566. The number of anilines is 1. The van der Waals surface area contributed by atoms with Crippen LogP contribution in [0.5, 0.6) is 5.75 Å². The largest absolute Gasteiger partial charge is 0.489 e. The Kier molecular flexibility index (Phi) is 6.42. The molecule has 6 nitrogen and oxygen atoms in total. The van der Waals surface area contributed by atoms with Gasteiger partial charge in [-0.05, 0) is 23.3 Å². The molecule has 0 aliphatic carbocycles. The maximum atomic E-state index is 12.7. The first kappa shape index (κ1) is 21.7. The third-order valence-corrected chi connectivity index (χ3v) is 5.42. The fourth-order valence-electron chi connectivity index (χ4n) is 3.80. The van der Waals surface area contributed by atoms with E-state index in [-0.39, 0.29) is 11.4 Å². The zero-order valence-electron chi connectivity index (χ0n) is 18.1. The summed E-state index contributed by atoms with van der Waals surface area (Å²) in [5.41, 5.74) is 9.56. The molecular formula is C27H23N3O3. The lowest BCUT2D eigenvalue weighted by Gasteiger charge is -2.32. The molecule has 3 aromatic carbocycles. The predicted molar refractivity (Wildman–Crippen MR) is 126 cm³/mol. The normalized spacial score (nSPS) is 15.5. The first-order chi connectivity index (χ1) is 16.1. The van der Waals surface area contributed by atoms with Crippen molar-refractivity contribution in [1.82, 2.24) is 0 Å². The van der Waals surface area contributed by atoms with Crippen LogP contribution in [-0.4, -0.2) is 13.1 Å². The van der Waals surface area contributed by atoms with Gasteiger partial charge < -0.3 is 20.1 Å². The minimum Gasteiger partial charge on any atom is -0.489 e. The van der Waals surface area contributed by atoms with E-state index in [1.807, 2.05) is 84.9 Å². The van der Waals surface area contributed by atoms with Crippen LogP contribution in [0.25, 0.3) is 0 Å². The SMILES string of the molecule is COC(=O)C1=CN(c2cccc(OCc3ccccc3)c2)C(N)=C(C#N)C1c1ccccc1. The topological polar surface area (TPSA) is 88.6 Å². The van der Waals surface area contributed by atoms with E-state index < -0.39 is 11.9 Å². The number of benzene rings is 3. The van der Waals surface area contributed by atoms with Gasteiger partial charge in [-0.25, -0.2) is 4.79 Å². The van der Waals surface area contributed by atoms with E-state index in [2.05, 4.69) is 6.07 Å². The number of nitrogens with zero attached hydrogens (tertiary/aromatic N) is 2. The van der Waals surface area contributed by atoms with Crippen molar-refractivity contribution in [2.75, 3.05) is 12.0 Å². The molecule has 1 unspecified atom stereocenters. The number of carbonyl (C=O) groups excluding carboxylic acids is 1. The van der Waals surface area contributed by atoms with Crippen molar-refractivity contribution >= 4 is 11.7 Å². The molecule has 33 heavy (non-hydrogen) atoms. The second-order valence-corrected chi connectivity index (χ2v) is 7.47. The highest BCUT2D eigenvalue weighted by atomic mass is 16.5. The summed E-state index contributed by atoms with van der Waals surface area (Å²) < 4.78 is 11.0. The Labute approximate surface area is 192 Å². The van der Waals surface area contributed by atoms with Gasteiger partial charge in [0.15, 0.2) is 0 Å². The van der Waals surface area contributed by atoms with Gasteiger partial charge in [0, 0.05) is 12.3 Å². The van der Waals surface area contributed by atoms with Crippen LogP contribution in [0, 0.1) is 11.3 Å². The van der Waals surface area contributed by atoms with E-state index in [0.29, 0.717) is 23.6 Å². The molecule has 1 heterocycles. The van der Waals surface area contributed by atoms with Crippen LogP contribution in [-0.2, 0) is 16.1 Å². The van der Waals surface area contributed by atoms with Gasteiger partial charge in [-0.3, -0.25) is 0 Å². The lowest BCUT2D eigenvalue weighted by molar-refractivity contribution is -0.136. The lowest BCUT2D eigenvalue weighted by Crippen LogP contribution is -2.33. The van der Waals surface area contributed by atoms with Gasteiger partial charge in [-0.2, -0.15) is 5.26 Å². The number of carbonyl (C=O) groups is 1. The first-order valence-corrected chi connectivity index (χ1v) is 10.4. The van der Waals surface area contributed by atoms with Crippen LogP contribution < -0.4 is 15.4 Å². The van der Waals surface area contributed by atoms with Crippen LogP contribution in [0.4, 0.5) is 5.69 Å². The van der Waals surface area contributed by atoms with E-state index in [4.69, 9.17) is 15.2 Å². The van der Waals surface area contributed by atoms with Crippen molar-refractivity contribution in [3.05, 3.63) is 119 Å². The molecular weight excluding hydrogens is 414 g/mol. The fourth-order valence-corrected chi connectivity index (χ4v) is 3.80. The van der Waals surface area contributed by atoms with Crippen molar-refractivity contribution in [1.29, 1.82) is 5.26 Å². The van der Waals surface area contributed by atoms with Gasteiger partial charge in [-0.15, -0.1) is 0 Å². The van der Waals surface area contributed by atoms with Crippen molar-refractivity contribution in [3.63, 3.8) is 0 Å². The maximum absolute atomic E-state index is 12.7. The maximum Gasteiger partial charge on any atom is 0.336 e. The van der Waals surface area contributed by atoms with Crippen LogP contribution in [0.2, 0.25) is 0 Å². The molecule has 0 saturated heterocycles. The summed E-state index contributed by atoms with van der Waals surface area (Å²) in [5, 5.41) is 9.98. The summed E-state index contributed by atoms with van der Waals surface area (Å²) in [4.78, 5) is 14.3. The molecule has 1 aliphatic rings. The molecule has 0 spiro atoms. The van der Waals surface area contributed by atoms with E-state index >= 15 is 0 Å². The summed E-state index contributed by atoms with van der Waals surface area (Å²) in [5.74, 6) is -0.247. The Hall–Kier alpha value is -4.50. The smallest absolute Gasteiger partial charge is 0.336 e. The molecule has 0 saturated carbocycles. The summed E-state index contributed by atoms with van der Waals surface area (Å²) in [6, 6.07) is 28.7. The van der Waals surface area contributed by atoms with Gasteiger partial charge in [0.1, 0.15) is 18.2 Å². The van der Waals surface area contributed by atoms with Crippen molar-refractivity contribution in [2.24, 2.45) is 5.73 Å². The standard InChI is InChI=1S/C27H23N3O3/c1-32-27(31)24-17-30(26(29)23(16-28)25(24)20-11-6-3-7-12-20)21-13-8-14-22(15-21)33-18-19-9-4-2-5-10-19/h2-15,17,25H,18,29H2,1H3. The van der Waals surface area contributed by atoms with Crippen LogP contribution in [0.3, 0.4) is 0 Å². The Balaban J connectivity index is 1.71. The molecule has 6 heteroatoms. The number of ether oxygens (including phenoxy) is 2. The molecule has 3 aromatic rings. The van der Waals surface area contributed by atoms with E-state index in [9.17, 15) is 10.1 Å². The minimum absolute atomic E-state index is 0.249. The third-order valence-electron chi connectivity index (χ3n) is 5.42. The fraction of sp³-hybridized carbons (Fsp3) is 0.111. The average molecular weight is 437 g/mol. The predicted octanol–water partition coefficient (Wildman–Crippen LogP) is 4.62. The summed E-state index contributed by atoms with van der Waals surface area (Å²) in [6.45, 7) is 0.415. The number of esters is 1. The van der Waals surface area contributed by atoms with Gasteiger partial charge in [-0.1, -0.05) is 66.7 Å². The molecule has 0 radical (unpaired) electrons. The Bertz CT molecular complexity index is 1240. The van der Waals surface area contributed by atoms with Gasteiger partial charge >= 0.3 is 5.97 Å². The monoisotopic (exact) mass is 437 g/mol. The molecule has 0 amide bonds. The number of methoxy groups -OCH3 is 1. The highest BCUT2D eigenvalue weighted by molar-refractivity contribution is 5.93. The zero-order chi connectivity index (χ0) is 23.2. The molecule has 0 bridgehead atoms. The van der Waals surface area contributed by atoms with Gasteiger partial charge in [0.05, 0.1) is 35.9 Å². The summed E-state index contributed by atoms with van der Waals surface area (Å²) in [6.07, 6.45) is 1.63. The first-order valence-electron chi connectivity index (χ1n) is 10.4. The molecule has 2 N–H and O–H groups in total. The van der Waals surface area contributed by atoms with Crippen LogP contribution >= 0.6 is 0 Å². The number of hydrogen-bond donors (Lipinski definition) is 1. The highest BCUT2D eigenvalue weighted by Crippen LogP contribution is 2.39. The number of allylic oxidation sites excluding steroid dienone is 1. The average Bonchev–Trinajstić information content (AvgIpc) is 2.88. The van der Waals surface area contributed by atoms with Gasteiger partial charge in [0.2, 0.25) is 0 Å². The minimum atomic E-state index is -0.614. The van der Waals surface area contributed by atoms with E-state index in [0.717, 1.165) is 11.1 Å². The number of nitrogens with two attached hydrogens (primary N) is 1. The molecule has 164 valence electrons. The Morgan fingerprint density at radius 2 is 1.73 bits per heavy atom. The van der Waals surface area contributed by atoms with Crippen LogP contribution in [0.1, 0.15) is 17.0 Å². The van der Waals surface area contributed by atoms with Crippen molar-refractivity contribution in [3.8, 4) is 11.8 Å².